The molecule has 0 radical (unpaired) electrons. The third-order valence-corrected chi connectivity index (χ3v) is 3.85. The van der Waals surface area contributed by atoms with Crippen LogP contribution in [0.5, 0.6) is 5.75 Å². The van der Waals surface area contributed by atoms with Gasteiger partial charge in [0, 0.05) is 5.41 Å². The number of benzene rings is 1. The van der Waals surface area contributed by atoms with E-state index in [0.29, 0.717) is 6.61 Å². The summed E-state index contributed by atoms with van der Waals surface area (Å²) >= 11 is 0. The van der Waals surface area contributed by atoms with Crippen molar-refractivity contribution in [1.29, 1.82) is 0 Å². The molecular weight excluding hydrogens is 226 g/mol. The maximum absolute atomic E-state index is 9.87. The third kappa shape index (κ3) is 2.85. The van der Waals surface area contributed by atoms with Crippen molar-refractivity contribution in [3.8, 4) is 5.75 Å². The highest BCUT2D eigenvalue weighted by molar-refractivity contribution is 5.34. The molecule has 2 N–H and O–H groups in total. The molecule has 100 valence electrons. The number of aliphatic hydroxyl groups is 1. The van der Waals surface area contributed by atoms with Gasteiger partial charge < -0.3 is 15.2 Å². The molecule has 1 heterocycles. The molecule has 1 aliphatic heterocycles. The Balaban J connectivity index is 2.27. The number of hydrogen-bond donors (Lipinski definition) is 2. The molecule has 1 aliphatic rings. The molecule has 0 saturated carbocycles. The predicted octanol–water partition coefficient (Wildman–Crippen LogP) is 2.09. The summed E-state index contributed by atoms with van der Waals surface area (Å²) in [6.45, 7) is 4.90. The lowest BCUT2D eigenvalue weighted by atomic mass is 9.75. The summed E-state index contributed by atoms with van der Waals surface area (Å²) in [6.07, 6.45) is 3.13. The lowest BCUT2D eigenvalue weighted by Crippen LogP contribution is -2.31. The normalized spacial score (nSPS) is 24.6. The molecule has 1 saturated heterocycles. The summed E-state index contributed by atoms with van der Waals surface area (Å²) in [6, 6.07) is 8.21. The Morgan fingerprint density at radius 3 is 3.00 bits per heavy atom. The summed E-state index contributed by atoms with van der Waals surface area (Å²) in [5.74, 6) is 0.903. The van der Waals surface area contributed by atoms with Crippen molar-refractivity contribution in [1.82, 2.24) is 5.32 Å². The van der Waals surface area contributed by atoms with E-state index in [4.69, 9.17) is 4.74 Å². The van der Waals surface area contributed by atoms with E-state index >= 15 is 0 Å². The third-order valence-electron chi connectivity index (χ3n) is 3.85. The first-order chi connectivity index (χ1) is 8.80. The number of aliphatic hydroxyl groups excluding tert-OH is 1. The van der Waals surface area contributed by atoms with Crippen LogP contribution in [0.15, 0.2) is 24.3 Å². The summed E-state index contributed by atoms with van der Waals surface area (Å²) in [5, 5.41) is 13.3. The van der Waals surface area contributed by atoms with Gasteiger partial charge in [-0.25, -0.2) is 0 Å². The Kier molecular flexibility index (Phi) is 4.61. The van der Waals surface area contributed by atoms with Crippen LogP contribution >= 0.6 is 0 Å². The molecule has 1 fully saturated rings. The van der Waals surface area contributed by atoms with E-state index in [9.17, 15) is 5.11 Å². The van der Waals surface area contributed by atoms with Gasteiger partial charge in [-0.3, -0.25) is 0 Å². The van der Waals surface area contributed by atoms with E-state index < -0.39 is 0 Å². The van der Waals surface area contributed by atoms with Crippen LogP contribution in [0, 0.1) is 0 Å². The molecule has 2 rings (SSSR count). The van der Waals surface area contributed by atoms with Gasteiger partial charge in [0.15, 0.2) is 0 Å². The molecule has 3 nitrogen and oxygen atoms in total. The lowest BCUT2D eigenvalue weighted by Gasteiger charge is -2.31. The van der Waals surface area contributed by atoms with Gasteiger partial charge in [0.1, 0.15) is 5.75 Å². The molecule has 0 bridgehead atoms. The highest BCUT2D eigenvalue weighted by Gasteiger charge is 2.32. The smallest absolute Gasteiger partial charge is 0.119 e. The maximum Gasteiger partial charge on any atom is 0.119 e. The Hall–Kier alpha value is -1.06. The Bertz CT molecular complexity index is 371. The van der Waals surface area contributed by atoms with Gasteiger partial charge in [-0.2, -0.15) is 0 Å². The van der Waals surface area contributed by atoms with Crippen molar-refractivity contribution < 1.29 is 9.84 Å². The van der Waals surface area contributed by atoms with Gasteiger partial charge in [0.2, 0.25) is 0 Å². The second-order valence-electron chi connectivity index (χ2n) is 5.00. The van der Waals surface area contributed by atoms with E-state index in [1.54, 1.807) is 0 Å². The van der Waals surface area contributed by atoms with Crippen LogP contribution in [-0.4, -0.2) is 31.4 Å². The molecule has 18 heavy (non-hydrogen) atoms. The van der Waals surface area contributed by atoms with Crippen LogP contribution in [0.4, 0.5) is 0 Å². The van der Waals surface area contributed by atoms with E-state index in [0.717, 1.165) is 38.1 Å². The highest BCUT2D eigenvalue weighted by Crippen LogP contribution is 2.35. The van der Waals surface area contributed by atoms with Crippen LogP contribution in [0.1, 0.15) is 31.7 Å². The van der Waals surface area contributed by atoms with E-state index in [2.05, 4.69) is 17.4 Å². The zero-order valence-corrected chi connectivity index (χ0v) is 11.1. The van der Waals surface area contributed by atoms with Crippen molar-refractivity contribution >= 4 is 0 Å². The molecule has 0 spiro atoms. The fourth-order valence-corrected chi connectivity index (χ4v) is 2.75. The van der Waals surface area contributed by atoms with Gasteiger partial charge >= 0.3 is 0 Å². The van der Waals surface area contributed by atoms with E-state index in [-0.39, 0.29) is 12.0 Å². The number of rotatable bonds is 4. The Morgan fingerprint density at radius 1 is 1.33 bits per heavy atom. The number of nitrogens with one attached hydrogen (secondary N) is 1. The highest BCUT2D eigenvalue weighted by atomic mass is 16.5. The molecule has 1 atom stereocenters. The molecule has 3 heteroatoms. The minimum atomic E-state index is -0.101. The fourth-order valence-electron chi connectivity index (χ4n) is 2.75. The quantitative estimate of drug-likeness (QED) is 0.858. The molecule has 1 aromatic carbocycles. The molecule has 0 aromatic heterocycles. The topological polar surface area (TPSA) is 41.5 Å². The Morgan fingerprint density at radius 2 is 2.22 bits per heavy atom. The van der Waals surface area contributed by atoms with Crippen LogP contribution in [-0.2, 0) is 5.41 Å². The van der Waals surface area contributed by atoms with Crippen molar-refractivity contribution in [2.75, 3.05) is 26.3 Å². The predicted molar refractivity (Wildman–Crippen MR) is 73.1 cm³/mol. The van der Waals surface area contributed by atoms with Gasteiger partial charge in [-0.15, -0.1) is 0 Å². The van der Waals surface area contributed by atoms with Crippen molar-refractivity contribution in [3.05, 3.63) is 29.8 Å². The minimum absolute atomic E-state index is 0.101. The van der Waals surface area contributed by atoms with Crippen LogP contribution in [0.25, 0.3) is 0 Å². The van der Waals surface area contributed by atoms with E-state index in [1.807, 2.05) is 19.1 Å². The van der Waals surface area contributed by atoms with Gasteiger partial charge in [0.05, 0.1) is 13.2 Å². The maximum atomic E-state index is 9.87. The zero-order valence-electron chi connectivity index (χ0n) is 11.1. The van der Waals surface area contributed by atoms with Gasteiger partial charge in [-0.1, -0.05) is 12.1 Å². The van der Waals surface area contributed by atoms with Gasteiger partial charge in [-0.05, 0) is 57.0 Å². The van der Waals surface area contributed by atoms with Crippen molar-refractivity contribution in [2.24, 2.45) is 0 Å². The molecule has 0 aliphatic carbocycles. The molecule has 0 amide bonds. The summed E-state index contributed by atoms with van der Waals surface area (Å²) in [5.41, 5.74) is 1.11. The van der Waals surface area contributed by atoms with Gasteiger partial charge in [0.25, 0.3) is 0 Å². The second-order valence-corrected chi connectivity index (χ2v) is 5.00. The SMILES string of the molecule is CCOc1cccc(C2(CO)CCCNCC2)c1. The number of hydrogen-bond acceptors (Lipinski definition) is 3. The van der Waals surface area contributed by atoms with Crippen LogP contribution in [0.3, 0.4) is 0 Å². The summed E-state index contributed by atoms with van der Waals surface area (Å²) < 4.78 is 5.56. The second kappa shape index (κ2) is 6.21. The van der Waals surface area contributed by atoms with Crippen molar-refractivity contribution in [2.45, 2.75) is 31.6 Å². The molecule has 1 aromatic rings. The average Bonchev–Trinajstić information content (AvgIpc) is 2.66. The average molecular weight is 249 g/mol. The first-order valence-corrected chi connectivity index (χ1v) is 6.86. The first-order valence-electron chi connectivity index (χ1n) is 6.86. The van der Waals surface area contributed by atoms with Crippen LogP contribution in [0.2, 0.25) is 0 Å². The summed E-state index contributed by atoms with van der Waals surface area (Å²) in [7, 11) is 0. The number of ether oxygens (including phenoxy) is 1. The summed E-state index contributed by atoms with van der Waals surface area (Å²) in [4.78, 5) is 0. The zero-order chi connectivity index (χ0) is 12.8. The standard InChI is InChI=1S/C15H23NO2/c1-2-18-14-6-3-5-13(11-14)15(12-17)7-4-9-16-10-8-15/h3,5-6,11,16-17H,2,4,7-10,12H2,1H3. The van der Waals surface area contributed by atoms with Crippen molar-refractivity contribution in [3.63, 3.8) is 0 Å². The van der Waals surface area contributed by atoms with Crippen LogP contribution < -0.4 is 10.1 Å². The minimum Gasteiger partial charge on any atom is -0.494 e. The van der Waals surface area contributed by atoms with E-state index in [1.165, 1.54) is 5.56 Å². The fraction of sp³-hybridized carbons (Fsp3) is 0.600. The molecule has 1 unspecified atom stereocenters. The lowest BCUT2D eigenvalue weighted by molar-refractivity contribution is 0.178. The molecular formula is C15H23NO2. The largest absolute Gasteiger partial charge is 0.494 e. The first kappa shape index (κ1) is 13.4. The monoisotopic (exact) mass is 249 g/mol. The Labute approximate surface area is 109 Å².